The van der Waals surface area contributed by atoms with Gasteiger partial charge in [-0.15, -0.1) is 0 Å². The quantitative estimate of drug-likeness (QED) is 0.401. The Balaban J connectivity index is 2.78. The topological polar surface area (TPSA) is 26.1 Å². The van der Waals surface area contributed by atoms with Crippen LogP contribution in [0, 0.1) is 0 Å². The molecule has 85 valence electrons. The van der Waals surface area contributed by atoms with Gasteiger partial charge in [0.2, 0.25) is 0 Å². The van der Waals surface area contributed by atoms with E-state index >= 15 is 0 Å². The molecule has 0 aliphatic carbocycles. The molecule has 1 N–H and O–H groups in total. The third kappa shape index (κ3) is 11.9. The van der Waals surface area contributed by atoms with Crippen LogP contribution in [0.2, 0.25) is 0 Å². The monoisotopic (exact) mass is 199 g/mol. The fourth-order valence-electron chi connectivity index (χ4n) is 1.41. The van der Waals surface area contributed by atoms with Gasteiger partial charge in [-0.3, -0.25) is 0 Å². The van der Waals surface area contributed by atoms with Crippen molar-refractivity contribution in [3.05, 3.63) is 0 Å². The van der Waals surface area contributed by atoms with Crippen LogP contribution < -0.4 is 10.9 Å². The highest BCUT2D eigenvalue weighted by atomic mass is 15.3. The van der Waals surface area contributed by atoms with Crippen LogP contribution in [0.4, 0.5) is 0 Å². The molecule has 0 unspecified atom stereocenters. The molecular formula is C12H27N2. The van der Waals surface area contributed by atoms with E-state index in [1.54, 1.807) is 0 Å². The minimum atomic E-state index is 0.994. The van der Waals surface area contributed by atoms with Crippen LogP contribution in [-0.2, 0) is 0 Å². The molecule has 0 heterocycles. The van der Waals surface area contributed by atoms with Gasteiger partial charge in [-0.05, 0) is 12.8 Å². The average Bonchev–Trinajstić information content (AvgIpc) is 2.21. The van der Waals surface area contributed by atoms with Crippen molar-refractivity contribution in [2.24, 2.45) is 0 Å². The van der Waals surface area contributed by atoms with Gasteiger partial charge in [0.15, 0.2) is 0 Å². The number of nitrogens with zero attached hydrogens (tertiary/aromatic N) is 1. The lowest BCUT2D eigenvalue weighted by Crippen LogP contribution is -2.26. The van der Waals surface area contributed by atoms with E-state index in [0.29, 0.717) is 0 Å². The Morgan fingerprint density at radius 1 is 0.786 bits per heavy atom. The average molecular weight is 199 g/mol. The second kappa shape index (κ2) is 12.9. The molecule has 0 rings (SSSR count). The fourth-order valence-corrected chi connectivity index (χ4v) is 1.41. The maximum atomic E-state index is 4.29. The third-order valence-corrected chi connectivity index (χ3v) is 2.38. The second-order valence-electron chi connectivity index (χ2n) is 3.91. The van der Waals surface area contributed by atoms with Gasteiger partial charge in [0.25, 0.3) is 0 Å². The highest BCUT2D eigenvalue weighted by Gasteiger charge is 1.90. The largest absolute Gasteiger partial charge is 0.240 e. The molecule has 0 saturated carbocycles. The van der Waals surface area contributed by atoms with Crippen LogP contribution in [0.5, 0.6) is 0 Å². The molecule has 2 heteroatoms. The molecule has 1 radical (unpaired) electrons. The first-order chi connectivity index (χ1) is 6.91. The normalized spacial score (nSPS) is 10.7. The van der Waals surface area contributed by atoms with Crippen molar-refractivity contribution in [1.82, 2.24) is 10.9 Å². The number of rotatable bonds is 11. The predicted molar refractivity (Wildman–Crippen MR) is 63.3 cm³/mol. The molecule has 0 aromatic heterocycles. The van der Waals surface area contributed by atoms with Crippen LogP contribution in [0.1, 0.15) is 65.2 Å². The van der Waals surface area contributed by atoms with Crippen molar-refractivity contribution in [3.8, 4) is 0 Å². The van der Waals surface area contributed by atoms with Gasteiger partial charge < -0.3 is 0 Å². The summed E-state index contributed by atoms with van der Waals surface area (Å²) in [6.07, 6.45) is 10.5. The summed E-state index contributed by atoms with van der Waals surface area (Å²) in [6, 6.07) is 0. The third-order valence-electron chi connectivity index (χ3n) is 2.38. The van der Waals surface area contributed by atoms with Crippen molar-refractivity contribution in [1.29, 1.82) is 0 Å². The highest BCUT2D eigenvalue weighted by molar-refractivity contribution is 4.46. The number of unbranched alkanes of at least 4 members (excludes halogenated alkanes) is 6. The number of nitrogens with one attached hydrogen (secondary N) is 1. The van der Waals surface area contributed by atoms with Gasteiger partial charge in [-0.25, -0.2) is 5.43 Å². The van der Waals surface area contributed by atoms with E-state index in [2.05, 4.69) is 24.7 Å². The molecule has 0 aromatic carbocycles. The van der Waals surface area contributed by atoms with E-state index in [9.17, 15) is 0 Å². The van der Waals surface area contributed by atoms with Crippen molar-refractivity contribution in [2.75, 3.05) is 13.1 Å². The summed E-state index contributed by atoms with van der Waals surface area (Å²) >= 11 is 0. The summed E-state index contributed by atoms with van der Waals surface area (Å²) in [7, 11) is 0. The summed E-state index contributed by atoms with van der Waals surface area (Å²) in [5.41, 5.74) is 7.44. The molecule has 0 atom stereocenters. The molecule has 0 spiro atoms. The lowest BCUT2D eigenvalue weighted by molar-refractivity contribution is 0.478. The van der Waals surface area contributed by atoms with Crippen LogP contribution >= 0.6 is 0 Å². The summed E-state index contributed by atoms with van der Waals surface area (Å²) < 4.78 is 0. The zero-order valence-electron chi connectivity index (χ0n) is 10.0. The Hall–Kier alpha value is -0.0800. The van der Waals surface area contributed by atoms with E-state index in [1.807, 2.05) is 0 Å². The second-order valence-corrected chi connectivity index (χ2v) is 3.91. The van der Waals surface area contributed by atoms with Gasteiger partial charge in [0.05, 0.1) is 0 Å². The number of hydrogen-bond donors (Lipinski definition) is 1. The first kappa shape index (κ1) is 13.9. The van der Waals surface area contributed by atoms with E-state index in [-0.39, 0.29) is 0 Å². The minimum absolute atomic E-state index is 0.994. The molecule has 0 aromatic rings. The van der Waals surface area contributed by atoms with Gasteiger partial charge in [-0.1, -0.05) is 52.4 Å². The van der Waals surface area contributed by atoms with E-state index in [4.69, 9.17) is 0 Å². The molecule has 0 saturated heterocycles. The van der Waals surface area contributed by atoms with E-state index < -0.39 is 0 Å². The lowest BCUT2D eigenvalue weighted by atomic mass is 10.2. The van der Waals surface area contributed by atoms with Crippen molar-refractivity contribution in [3.63, 3.8) is 0 Å². The molecular weight excluding hydrogens is 172 g/mol. The molecule has 14 heavy (non-hydrogen) atoms. The van der Waals surface area contributed by atoms with Gasteiger partial charge >= 0.3 is 0 Å². The van der Waals surface area contributed by atoms with Crippen LogP contribution in [-0.4, -0.2) is 13.1 Å². The van der Waals surface area contributed by atoms with Crippen molar-refractivity contribution < 1.29 is 0 Å². The first-order valence-corrected chi connectivity index (χ1v) is 6.31. The first-order valence-electron chi connectivity index (χ1n) is 6.31. The van der Waals surface area contributed by atoms with E-state index in [1.165, 1.54) is 51.4 Å². The maximum absolute atomic E-state index is 4.29. The Kier molecular flexibility index (Phi) is 12.8. The predicted octanol–water partition coefficient (Wildman–Crippen LogP) is 3.26. The van der Waals surface area contributed by atoms with Crippen molar-refractivity contribution >= 4 is 0 Å². The van der Waals surface area contributed by atoms with Crippen LogP contribution in [0.3, 0.4) is 0 Å². The SMILES string of the molecule is CCCCCC[N]NCCCCCC. The van der Waals surface area contributed by atoms with E-state index in [0.717, 1.165) is 13.1 Å². The van der Waals surface area contributed by atoms with Gasteiger partial charge in [0.1, 0.15) is 0 Å². The summed E-state index contributed by atoms with van der Waals surface area (Å²) in [5, 5.41) is 0. The Morgan fingerprint density at radius 3 is 2.07 bits per heavy atom. The minimum Gasteiger partial charge on any atom is -0.240 e. The van der Waals surface area contributed by atoms with Gasteiger partial charge in [0, 0.05) is 13.1 Å². The fraction of sp³-hybridized carbons (Fsp3) is 1.00. The Labute approximate surface area is 89.8 Å². The Bertz CT molecular complexity index is 82.3. The highest BCUT2D eigenvalue weighted by Crippen LogP contribution is 1.98. The maximum Gasteiger partial charge on any atom is 0.0304 e. The molecule has 0 amide bonds. The Morgan fingerprint density at radius 2 is 1.43 bits per heavy atom. The number of hydrogen-bond acceptors (Lipinski definition) is 1. The molecule has 2 nitrogen and oxygen atoms in total. The summed E-state index contributed by atoms with van der Waals surface area (Å²) in [4.78, 5) is 0. The summed E-state index contributed by atoms with van der Waals surface area (Å²) in [5.74, 6) is 0. The molecule has 0 aliphatic rings. The van der Waals surface area contributed by atoms with Crippen LogP contribution in [0.25, 0.3) is 0 Å². The van der Waals surface area contributed by atoms with Gasteiger partial charge in [-0.2, -0.15) is 5.43 Å². The summed E-state index contributed by atoms with van der Waals surface area (Å²) in [6.45, 7) is 6.54. The zero-order valence-corrected chi connectivity index (χ0v) is 10.0. The van der Waals surface area contributed by atoms with Crippen molar-refractivity contribution in [2.45, 2.75) is 65.2 Å². The smallest absolute Gasteiger partial charge is 0.0304 e. The molecule has 0 aliphatic heterocycles. The molecule has 0 fully saturated rings. The zero-order chi connectivity index (χ0) is 10.5. The standard InChI is InChI=1S/C12H27N2/c1-3-5-7-9-11-13-14-12-10-8-6-4-2/h13H,3-12H2,1-2H3. The lowest BCUT2D eigenvalue weighted by Gasteiger charge is -2.03. The van der Waals surface area contributed by atoms with Crippen LogP contribution in [0.15, 0.2) is 0 Å². The molecule has 0 bridgehead atoms.